The van der Waals surface area contributed by atoms with E-state index in [9.17, 15) is 0 Å². The highest BCUT2D eigenvalue weighted by Gasteiger charge is 2.27. The number of hydrogen-bond acceptors (Lipinski definition) is 3. The first-order valence-electron chi connectivity index (χ1n) is 10.2. The molecule has 1 aliphatic rings. The lowest BCUT2D eigenvalue weighted by molar-refractivity contribution is -0.0265. The first kappa shape index (κ1) is 20.3. The Balaban J connectivity index is 1.51. The summed E-state index contributed by atoms with van der Waals surface area (Å²) in [5.41, 5.74) is 5.10. The number of pyridine rings is 1. The van der Waals surface area contributed by atoms with Crippen molar-refractivity contribution < 1.29 is 4.74 Å². The van der Waals surface area contributed by atoms with Gasteiger partial charge in [0.2, 0.25) is 0 Å². The van der Waals surface area contributed by atoms with Gasteiger partial charge in [0.05, 0.1) is 6.10 Å². The van der Waals surface area contributed by atoms with Crippen LogP contribution in [0, 0.1) is 19.8 Å². The number of guanidine groups is 1. The molecule has 2 heterocycles. The highest BCUT2D eigenvalue weighted by atomic mass is 16.5. The number of rotatable bonds is 6. The molecule has 0 saturated carbocycles. The molecule has 2 aromatic rings. The molecule has 1 fully saturated rings. The Kier molecular flexibility index (Phi) is 7.43. The predicted molar refractivity (Wildman–Crippen MR) is 115 cm³/mol. The Bertz CT molecular complexity index is 772. The lowest BCUT2D eigenvalue weighted by atomic mass is 9.89. The summed E-state index contributed by atoms with van der Waals surface area (Å²) in [6.45, 7) is 6.75. The molecule has 0 radical (unpaired) electrons. The van der Waals surface area contributed by atoms with Crippen molar-refractivity contribution in [1.29, 1.82) is 0 Å². The molecule has 1 aromatic heterocycles. The van der Waals surface area contributed by atoms with E-state index in [-0.39, 0.29) is 6.10 Å². The van der Waals surface area contributed by atoms with E-state index in [0.717, 1.165) is 38.5 Å². The monoisotopic (exact) mass is 380 g/mol. The maximum absolute atomic E-state index is 6.13. The van der Waals surface area contributed by atoms with Gasteiger partial charge in [-0.05, 0) is 55.9 Å². The molecule has 2 N–H and O–H groups in total. The fourth-order valence-electron chi connectivity index (χ4n) is 3.72. The summed E-state index contributed by atoms with van der Waals surface area (Å²) >= 11 is 0. The summed E-state index contributed by atoms with van der Waals surface area (Å²) in [6, 6.07) is 10.8. The lowest BCUT2D eigenvalue weighted by Gasteiger charge is -2.32. The Hall–Kier alpha value is -2.40. The van der Waals surface area contributed by atoms with Crippen molar-refractivity contribution in [2.75, 3.05) is 26.7 Å². The van der Waals surface area contributed by atoms with E-state index < -0.39 is 0 Å². The predicted octanol–water partition coefficient (Wildman–Crippen LogP) is 3.57. The molecule has 150 valence electrons. The SMILES string of the molecule is CN=C(NCCc1ccncc1C)NCC1CCCOC1c1ccc(C)cc1. The van der Waals surface area contributed by atoms with Crippen molar-refractivity contribution in [2.45, 2.75) is 39.2 Å². The van der Waals surface area contributed by atoms with Crippen LogP contribution < -0.4 is 10.6 Å². The summed E-state index contributed by atoms with van der Waals surface area (Å²) in [5.74, 6) is 1.29. The smallest absolute Gasteiger partial charge is 0.190 e. The van der Waals surface area contributed by atoms with Crippen molar-refractivity contribution in [1.82, 2.24) is 15.6 Å². The maximum Gasteiger partial charge on any atom is 0.190 e. The highest BCUT2D eigenvalue weighted by molar-refractivity contribution is 5.79. The van der Waals surface area contributed by atoms with Crippen LogP contribution in [0.5, 0.6) is 0 Å². The fourth-order valence-corrected chi connectivity index (χ4v) is 3.72. The van der Waals surface area contributed by atoms with Gasteiger partial charge in [-0.1, -0.05) is 29.8 Å². The van der Waals surface area contributed by atoms with E-state index in [1.54, 1.807) is 0 Å². The van der Waals surface area contributed by atoms with Gasteiger partial charge in [0.1, 0.15) is 0 Å². The van der Waals surface area contributed by atoms with E-state index in [4.69, 9.17) is 4.74 Å². The van der Waals surface area contributed by atoms with Crippen LogP contribution in [-0.4, -0.2) is 37.7 Å². The molecule has 5 nitrogen and oxygen atoms in total. The van der Waals surface area contributed by atoms with Crippen LogP contribution in [0.1, 0.15) is 41.2 Å². The number of aryl methyl sites for hydroxylation is 2. The molecule has 0 bridgehead atoms. The molecule has 2 atom stereocenters. The van der Waals surface area contributed by atoms with Crippen LogP contribution in [0.2, 0.25) is 0 Å². The van der Waals surface area contributed by atoms with Crippen molar-refractivity contribution in [3.63, 3.8) is 0 Å². The Morgan fingerprint density at radius 2 is 2.00 bits per heavy atom. The van der Waals surface area contributed by atoms with Crippen LogP contribution in [0.3, 0.4) is 0 Å². The van der Waals surface area contributed by atoms with Crippen LogP contribution in [0.25, 0.3) is 0 Å². The van der Waals surface area contributed by atoms with Gasteiger partial charge >= 0.3 is 0 Å². The molecular weight excluding hydrogens is 348 g/mol. The second-order valence-corrected chi connectivity index (χ2v) is 7.54. The third-order valence-corrected chi connectivity index (χ3v) is 5.43. The Morgan fingerprint density at radius 3 is 2.75 bits per heavy atom. The summed E-state index contributed by atoms with van der Waals surface area (Å²) in [7, 11) is 1.82. The lowest BCUT2D eigenvalue weighted by Crippen LogP contribution is -2.42. The van der Waals surface area contributed by atoms with Crippen LogP contribution in [0.4, 0.5) is 0 Å². The number of nitrogens with one attached hydrogen (secondary N) is 2. The van der Waals surface area contributed by atoms with Gasteiger partial charge < -0.3 is 15.4 Å². The van der Waals surface area contributed by atoms with Gasteiger partial charge in [-0.15, -0.1) is 0 Å². The second-order valence-electron chi connectivity index (χ2n) is 7.54. The number of aromatic nitrogens is 1. The second kappa shape index (κ2) is 10.2. The summed E-state index contributed by atoms with van der Waals surface area (Å²) < 4.78 is 6.13. The van der Waals surface area contributed by atoms with Crippen molar-refractivity contribution in [3.05, 3.63) is 65.0 Å². The van der Waals surface area contributed by atoms with Gasteiger partial charge in [0.15, 0.2) is 5.96 Å². The van der Waals surface area contributed by atoms with Crippen LogP contribution >= 0.6 is 0 Å². The maximum atomic E-state index is 6.13. The first-order chi connectivity index (χ1) is 13.7. The van der Waals surface area contributed by atoms with Crippen molar-refractivity contribution in [3.8, 4) is 0 Å². The quantitative estimate of drug-likeness (QED) is 0.594. The van der Waals surface area contributed by atoms with Gasteiger partial charge in [-0.25, -0.2) is 0 Å². The van der Waals surface area contributed by atoms with Gasteiger partial charge in [-0.2, -0.15) is 0 Å². The van der Waals surface area contributed by atoms with E-state index >= 15 is 0 Å². The topological polar surface area (TPSA) is 58.5 Å². The van der Waals surface area contributed by atoms with Crippen LogP contribution in [0.15, 0.2) is 47.7 Å². The van der Waals surface area contributed by atoms with Gasteiger partial charge in [0, 0.05) is 45.1 Å². The minimum Gasteiger partial charge on any atom is -0.373 e. The number of nitrogens with zero attached hydrogens (tertiary/aromatic N) is 2. The average molecular weight is 381 g/mol. The third-order valence-electron chi connectivity index (χ3n) is 5.43. The minimum atomic E-state index is 0.152. The molecule has 5 heteroatoms. The normalized spacial score (nSPS) is 20.0. The molecule has 1 saturated heterocycles. The zero-order valence-corrected chi connectivity index (χ0v) is 17.2. The molecule has 28 heavy (non-hydrogen) atoms. The molecule has 0 spiro atoms. The number of hydrogen-bond donors (Lipinski definition) is 2. The number of benzene rings is 1. The number of aliphatic imine (C=N–C) groups is 1. The molecule has 1 aliphatic heterocycles. The minimum absolute atomic E-state index is 0.152. The molecular formula is C23H32N4O. The summed E-state index contributed by atoms with van der Waals surface area (Å²) in [4.78, 5) is 8.53. The fraction of sp³-hybridized carbons (Fsp3) is 0.478. The van der Waals surface area contributed by atoms with Gasteiger partial charge in [-0.3, -0.25) is 9.98 Å². The largest absolute Gasteiger partial charge is 0.373 e. The summed E-state index contributed by atoms with van der Waals surface area (Å²) in [6.07, 6.45) is 7.15. The standard InChI is InChI=1S/C23H32N4O/c1-17-6-8-20(9-7-17)22-21(5-4-14-28-22)16-27-23(24-3)26-13-11-19-10-12-25-15-18(19)2/h6-10,12,15,21-22H,4-5,11,13-14,16H2,1-3H3,(H2,24,26,27). The van der Waals surface area contributed by atoms with E-state index in [0.29, 0.717) is 5.92 Å². The average Bonchev–Trinajstić information content (AvgIpc) is 2.73. The zero-order chi connectivity index (χ0) is 19.8. The number of ether oxygens (including phenoxy) is 1. The van der Waals surface area contributed by atoms with Gasteiger partial charge in [0.25, 0.3) is 0 Å². The zero-order valence-electron chi connectivity index (χ0n) is 17.2. The molecule has 3 rings (SSSR count). The van der Waals surface area contributed by atoms with Crippen molar-refractivity contribution in [2.24, 2.45) is 10.9 Å². The van der Waals surface area contributed by atoms with Crippen LogP contribution in [-0.2, 0) is 11.2 Å². The molecule has 0 aliphatic carbocycles. The first-order valence-corrected chi connectivity index (χ1v) is 10.2. The van der Waals surface area contributed by atoms with E-state index in [2.05, 4.69) is 64.8 Å². The molecule has 1 aromatic carbocycles. The van der Waals surface area contributed by atoms with E-state index in [1.165, 1.54) is 28.7 Å². The highest BCUT2D eigenvalue weighted by Crippen LogP contribution is 2.33. The third kappa shape index (κ3) is 5.55. The van der Waals surface area contributed by atoms with Crippen molar-refractivity contribution >= 4 is 5.96 Å². The molecule has 0 amide bonds. The molecule has 2 unspecified atom stereocenters. The van der Waals surface area contributed by atoms with E-state index in [1.807, 2.05) is 19.4 Å². The summed E-state index contributed by atoms with van der Waals surface area (Å²) in [5, 5.41) is 6.92. The Morgan fingerprint density at radius 1 is 1.18 bits per heavy atom. The Labute approximate surface area is 168 Å².